The van der Waals surface area contributed by atoms with Crippen molar-refractivity contribution < 1.29 is 13.7 Å². The number of hydrazone groups is 1. The van der Waals surface area contributed by atoms with Crippen LogP contribution in [0.4, 0.5) is 20.2 Å². The number of benzene rings is 2. The molecule has 1 N–H and O–H groups in total. The number of halogens is 2. The minimum absolute atomic E-state index is 0.0569. The van der Waals surface area contributed by atoms with Crippen LogP contribution >= 0.6 is 23.5 Å². The van der Waals surface area contributed by atoms with Crippen LogP contribution in [0.15, 0.2) is 57.5 Å². The van der Waals surface area contributed by atoms with Crippen molar-refractivity contribution in [3.05, 3.63) is 63.7 Å². The van der Waals surface area contributed by atoms with Crippen molar-refractivity contribution in [2.45, 2.75) is 17.6 Å². The van der Waals surface area contributed by atoms with Crippen LogP contribution in [0, 0.1) is 17.0 Å². The van der Waals surface area contributed by atoms with Gasteiger partial charge in [0.15, 0.2) is 5.17 Å². The Morgan fingerprint density at radius 1 is 1.30 bits per heavy atom. The minimum atomic E-state index is -2.46. The van der Waals surface area contributed by atoms with Crippen LogP contribution in [0.2, 0.25) is 0 Å². The van der Waals surface area contributed by atoms with Crippen LogP contribution in [0.5, 0.6) is 0 Å². The summed E-state index contributed by atoms with van der Waals surface area (Å²) in [5.41, 5.74) is 5.47. The first-order chi connectivity index (χ1) is 12.9. The van der Waals surface area contributed by atoms with Crippen molar-refractivity contribution in [3.63, 3.8) is 0 Å². The average Bonchev–Trinajstić information content (AvgIpc) is 2.64. The molecule has 2 aromatic carbocycles. The number of aryl methyl sites for hydroxylation is 1. The number of hydrogen-bond acceptors (Lipinski definition) is 6. The van der Waals surface area contributed by atoms with Crippen LogP contribution in [0.3, 0.4) is 0 Å². The van der Waals surface area contributed by atoms with Crippen molar-refractivity contribution in [1.29, 1.82) is 0 Å². The molecule has 0 saturated heterocycles. The standard InChI is InChI=1S/C17H14F2N4O2S2/c1-10-2-3-11(8-15(10)23(24)25)14-9-26-17(22-21-14)20-12-4-6-13(7-5-12)27-16(18)19/h2-8,16H,9H2,1H3,(H,20,22). The van der Waals surface area contributed by atoms with Crippen molar-refractivity contribution >= 4 is 45.8 Å². The minimum Gasteiger partial charge on any atom is -0.258 e. The van der Waals surface area contributed by atoms with E-state index in [-0.39, 0.29) is 5.69 Å². The number of nitrogens with zero attached hydrogens (tertiary/aromatic N) is 3. The van der Waals surface area contributed by atoms with E-state index in [1.807, 2.05) is 0 Å². The Kier molecular flexibility index (Phi) is 6.07. The van der Waals surface area contributed by atoms with Gasteiger partial charge < -0.3 is 0 Å². The zero-order valence-electron chi connectivity index (χ0n) is 14.1. The molecule has 140 valence electrons. The number of nitro groups is 1. The summed E-state index contributed by atoms with van der Waals surface area (Å²) in [6, 6.07) is 11.5. The van der Waals surface area contributed by atoms with Crippen LogP contribution in [-0.4, -0.2) is 27.3 Å². The van der Waals surface area contributed by atoms with Gasteiger partial charge >= 0.3 is 0 Å². The van der Waals surface area contributed by atoms with E-state index in [1.165, 1.54) is 17.8 Å². The molecule has 27 heavy (non-hydrogen) atoms. The Morgan fingerprint density at radius 3 is 2.63 bits per heavy atom. The first-order valence-corrected chi connectivity index (χ1v) is 9.63. The molecule has 0 aromatic heterocycles. The van der Waals surface area contributed by atoms with E-state index < -0.39 is 10.7 Å². The van der Waals surface area contributed by atoms with Gasteiger partial charge in [-0.25, -0.2) is 4.99 Å². The van der Waals surface area contributed by atoms with Crippen molar-refractivity contribution in [1.82, 2.24) is 5.43 Å². The molecular weight excluding hydrogens is 394 g/mol. The summed E-state index contributed by atoms with van der Waals surface area (Å²) in [4.78, 5) is 15.5. The molecule has 0 atom stereocenters. The van der Waals surface area contributed by atoms with Gasteiger partial charge in [-0.15, -0.1) is 0 Å². The van der Waals surface area contributed by atoms with Crippen LogP contribution in [-0.2, 0) is 0 Å². The third-order valence-corrected chi connectivity index (χ3v) is 5.26. The molecule has 10 heteroatoms. The Bertz CT molecular complexity index is 918. The number of hydrogen-bond donors (Lipinski definition) is 1. The highest BCUT2D eigenvalue weighted by Gasteiger charge is 2.17. The summed E-state index contributed by atoms with van der Waals surface area (Å²) < 4.78 is 24.7. The molecule has 0 bridgehead atoms. The van der Waals surface area contributed by atoms with Gasteiger partial charge in [-0.1, -0.05) is 35.7 Å². The second kappa shape index (κ2) is 8.49. The van der Waals surface area contributed by atoms with Crippen LogP contribution in [0.1, 0.15) is 11.1 Å². The summed E-state index contributed by atoms with van der Waals surface area (Å²) in [6.45, 7) is 1.69. The topological polar surface area (TPSA) is 79.9 Å². The average molecular weight is 408 g/mol. The second-order valence-electron chi connectivity index (χ2n) is 5.51. The molecule has 0 unspecified atom stereocenters. The lowest BCUT2D eigenvalue weighted by Crippen LogP contribution is -2.25. The maximum atomic E-state index is 12.3. The fourth-order valence-corrected chi connectivity index (χ4v) is 3.61. The van der Waals surface area contributed by atoms with Crippen molar-refractivity contribution in [3.8, 4) is 0 Å². The second-order valence-corrected chi connectivity index (χ2v) is 7.53. The first kappa shape index (κ1) is 19.3. The van der Waals surface area contributed by atoms with Gasteiger partial charge in [0.1, 0.15) is 0 Å². The zero-order valence-corrected chi connectivity index (χ0v) is 15.7. The highest BCUT2D eigenvalue weighted by Crippen LogP contribution is 2.28. The Labute approximate surface area is 162 Å². The van der Waals surface area contributed by atoms with Gasteiger partial charge in [0.2, 0.25) is 0 Å². The van der Waals surface area contributed by atoms with Gasteiger partial charge in [0, 0.05) is 27.8 Å². The number of aliphatic imine (C=N–C) groups is 1. The Morgan fingerprint density at radius 2 is 2.04 bits per heavy atom. The predicted molar refractivity (Wildman–Crippen MR) is 105 cm³/mol. The largest absolute Gasteiger partial charge is 0.288 e. The highest BCUT2D eigenvalue weighted by atomic mass is 32.2. The molecule has 2 aromatic rings. The molecule has 6 nitrogen and oxygen atoms in total. The third kappa shape index (κ3) is 5.04. The number of rotatable bonds is 5. The van der Waals surface area contributed by atoms with Gasteiger partial charge in [-0.05, 0) is 31.2 Å². The monoisotopic (exact) mass is 408 g/mol. The molecule has 0 fully saturated rings. The van der Waals surface area contributed by atoms with Crippen molar-refractivity contribution in [2.24, 2.45) is 10.1 Å². The number of alkyl halides is 2. The molecule has 0 spiro atoms. The Hall–Kier alpha value is -2.46. The SMILES string of the molecule is Cc1ccc(C2=NNC(=Nc3ccc(SC(F)F)cc3)SC2)cc1[N+](=O)[O-]. The quantitative estimate of drug-likeness (QED) is 0.430. The van der Waals surface area contributed by atoms with Gasteiger partial charge in [0.25, 0.3) is 11.4 Å². The van der Waals surface area contributed by atoms with E-state index in [2.05, 4.69) is 15.5 Å². The summed E-state index contributed by atoms with van der Waals surface area (Å²) >= 11 is 1.89. The lowest BCUT2D eigenvalue weighted by atomic mass is 10.1. The predicted octanol–water partition coefficient (Wildman–Crippen LogP) is 4.95. The Balaban J connectivity index is 1.72. The molecular formula is C17H14F2N4O2S2. The van der Waals surface area contributed by atoms with Crippen LogP contribution in [0.25, 0.3) is 0 Å². The number of nitro benzene ring substituents is 1. The smallest absolute Gasteiger partial charge is 0.258 e. The van der Waals surface area contributed by atoms with Gasteiger partial charge in [-0.3, -0.25) is 15.5 Å². The summed E-state index contributed by atoms with van der Waals surface area (Å²) in [6.07, 6.45) is 0. The first-order valence-electron chi connectivity index (χ1n) is 7.77. The summed E-state index contributed by atoms with van der Waals surface area (Å²) in [5, 5.41) is 15.9. The fourth-order valence-electron chi connectivity index (χ4n) is 2.33. The lowest BCUT2D eigenvalue weighted by Gasteiger charge is -2.15. The molecule has 1 heterocycles. The van der Waals surface area contributed by atoms with E-state index in [1.54, 1.807) is 43.3 Å². The van der Waals surface area contributed by atoms with E-state index in [4.69, 9.17) is 0 Å². The lowest BCUT2D eigenvalue weighted by molar-refractivity contribution is -0.385. The maximum Gasteiger partial charge on any atom is 0.288 e. The van der Waals surface area contributed by atoms with Crippen molar-refractivity contribution in [2.75, 3.05) is 5.75 Å². The zero-order chi connectivity index (χ0) is 19.4. The molecule has 1 aliphatic rings. The van der Waals surface area contributed by atoms with E-state index in [9.17, 15) is 18.9 Å². The number of amidine groups is 1. The highest BCUT2D eigenvalue weighted by molar-refractivity contribution is 8.14. The third-order valence-electron chi connectivity index (χ3n) is 3.66. The fraction of sp³-hybridized carbons (Fsp3) is 0.176. The number of thioether (sulfide) groups is 2. The normalized spacial score (nSPS) is 15.6. The van der Waals surface area contributed by atoms with E-state index in [0.717, 1.165) is 0 Å². The van der Waals surface area contributed by atoms with Crippen LogP contribution < -0.4 is 5.43 Å². The molecule has 0 radical (unpaired) electrons. The number of nitrogens with one attached hydrogen (secondary N) is 1. The van der Waals surface area contributed by atoms with E-state index in [0.29, 0.717) is 50.1 Å². The molecule has 0 aliphatic carbocycles. The molecule has 1 aliphatic heterocycles. The molecule has 0 amide bonds. The van der Waals surface area contributed by atoms with Gasteiger partial charge in [-0.2, -0.15) is 13.9 Å². The molecule has 3 rings (SSSR count). The molecule has 0 saturated carbocycles. The summed E-state index contributed by atoms with van der Waals surface area (Å²) in [5.74, 6) is -1.95. The maximum absolute atomic E-state index is 12.3. The van der Waals surface area contributed by atoms with Gasteiger partial charge in [0.05, 0.1) is 16.3 Å². The summed E-state index contributed by atoms with van der Waals surface area (Å²) in [7, 11) is 0. The van der Waals surface area contributed by atoms with E-state index >= 15 is 0 Å².